The molecule has 1 aliphatic rings. The predicted molar refractivity (Wildman–Crippen MR) is 103 cm³/mol. The number of piperazine rings is 1. The Bertz CT molecular complexity index is 861. The van der Waals surface area contributed by atoms with E-state index in [2.05, 4.69) is 4.74 Å². The maximum atomic E-state index is 12.7. The van der Waals surface area contributed by atoms with Crippen LogP contribution in [0.3, 0.4) is 0 Å². The largest absolute Gasteiger partial charge is 0.433 e. The first kappa shape index (κ1) is 20.3. The van der Waals surface area contributed by atoms with Gasteiger partial charge in [0, 0.05) is 31.1 Å². The number of nitrogens with zero attached hydrogens (tertiary/aromatic N) is 2. The lowest BCUT2D eigenvalue weighted by molar-refractivity contribution is -0.131. The number of halogens is 2. The van der Waals surface area contributed by atoms with Crippen LogP contribution in [0.2, 0.25) is 0 Å². The second kappa shape index (κ2) is 8.68. The van der Waals surface area contributed by atoms with Gasteiger partial charge >= 0.3 is 6.61 Å². The van der Waals surface area contributed by atoms with Gasteiger partial charge in [-0.05, 0) is 31.0 Å². The molecule has 2 amide bonds. The Kier molecular flexibility index (Phi) is 6.28. The molecule has 0 atom stereocenters. The lowest BCUT2D eigenvalue weighted by atomic mass is 10.1. The number of benzene rings is 1. The van der Waals surface area contributed by atoms with E-state index in [1.54, 1.807) is 16.7 Å². The molecular weight excluding hydrogens is 386 g/mol. The van der Waals surface area contributed by atoms with Crippen LogP contribution in [0.15, 0.2) is 30.3 Å². The molecule has 0 unspecified atom stereocenters. The van der Waals surface area contributed by atoms with Gasteiger partial charge in [-0.15, -0.1) is 11.3 Å². The van der Waals surface area contributed by atoms with E-state index >= 15 is 0 Å². The third kappa shape index (κ3) is 4.67. The van der Waals surface area contributed by atoms with Crippen LogP contribution >= 0.6 is 11.3 Å². The highest BCUT2D eigenvalue weighted by Gasteiger charge is 2.28. The molecule has 1 aromatic carbocycles. The van der Waals surface area contributed by atoms with Crippen molar-refractivity contribution in [2.75, 3.05) is 26.2 Å². The van der Waals surface area contributed by atoms with E-state index in [9.17, 15) is 18.4 Å². The van der Waals surface area contributed by atoms with E-state index < -0.39 is 6.61 Å². The maximum absolute atomic E-state index is 12.7. The average molecular weight is 408 g/mol. The number of carbonyl (C=O) groups is 2. The zero-order valence-electron chi connectivity index (χ0n) is 15.8. The number of thiophene rings is 1. The first-order valence-electron chi connectivity index (χ1n) is 9.02. The summed E-state index contributed by atoms with van der Waals surface area (Å²) >= 11 is 1.14. The van der Waals surface area contributed by atoms with Gasteiger partial charge in [0.2, 0.25) is 5.91 Å². The van der Waals surface area contributed by atoms with E-state index in [1.165, 1.54) is 6.07 Å². The fourth-order valence-electron chi connectivity index (χ4n) is 3.21. The van der Waals surface area contributed by atoms with Crippen LogP contribution in [0.25, 0.3) is 0 Å². The van der Waals surface area contributed by atoms with Crippen LogP contribution < -0.4 is 4.74 Å². The number of amides is 2. The summed E-state index contributed by atoms with van der Waals surface area (Å²) in [5, 5.41) is 0. The lowest BCUT2D eigenvalue weighted by Gasteiger charge is -2.34. The van der Waals surface area contributed by atoms with Crippen LogP contribution in [0.5, 0.6) is 5.75 Å². The molecule has 0 aliphatic carbocycles. The standard InChI is InChI=1S/C20H22F2N2O3S/c1-13-5-3-4-6-15(13)12-17(25)23-7-9-24(10-8-23)19(26)18-16(27-20(21)22)11-14(2)28-18/h3-6,11,20H,7-10,12H2,1-2H3. The lowest BCUT2D eigenvalue weighted by Crippen LogP contribution is -2.50. The molecule has 8 heteroatoms. The zero-order chi connectivity index (χ0) is 20.3. The van der Waals surface area contributed by atoms with Gasteiger partial charge in [0.05, 0.1) is 6.42 Å². The first-order valence-corrected chi connectivity index (χ1v) is 9.83. The molecule has 3 rings (SSSR count). The van der Waals surface area contributed by atoms with Gasteiger partial charge < -0.3 is 14.5 Å². The van der Waals surface area contributed by atoms with Crippen LogP contribution in [0.4, 0.5) is 8.78 Å². The summed E-state index contributed by atoms with van der Waals surface area (Å²) in [6.45, 7) is 2.31. The van der Waals surface area contributed by atoms with Crippen molar-refractivity contribution in [1.82, 2.24) is 9.80 Å². The quantitative estimate of drug-likeness (QED) is 0.761. The molecule has 0 saturated carbocycles. The first-order chi connectivity index (χ1) is 13.3. The number of hydrogen-bond acceptors (Lipinski definition) is 4. The molecule has 1 aliphatic heterocycles. The second-order valence-electron chi connectivity index (χ2n) is 6.71. The van der Waals surface area contributed by atoms with Crippen molar-refractivity contribution in [1.29, 1.82) is 0 Å². The van der Waals surface area contributed by atoms with E-state index in [0.717, 1.165) is 27.3 Å². The molecule has 2 heterocycles. The summed E-state index contributed by atoms with van der Waals surface area (Å²) < 4.78 is 29.6. The number of carbonyl (C=O) groups excluding carboxylic acids is 2. The van der Waals surface area contributed by atoms with Crippen molar-refractivity contribution in [2.45, 2.75) is 26.9 Å². The summed E-state index contributed by atoms with van der Waals surface area (Å²) in [6, 6.07) is 9.21. The number of ether oxygens (including phenoxy) is 1. The highest BCUT2D eigenvalue weighted by molar-refractivity contribution is 7.14. The van der Waals surface area contributed by atoms with E-state index in [1.807, 2.05) is 31.2 Å². The van der Waals surface area contributed by atoms with Crippen LogP contribution in [0, 0.1) is 13.8 Å². The fraction of sp³-hybridized carbons (Fsp3) is 0.400. The molecule has 1 saturated heterocycles. The summed E-state index contributed by atoms with van der Waals surface area (Å²) in [5.41, 5.74) is 2.07. The van der Waals surface area contributed by atoms with Crippen LogP contribution in [0.1, 0.15) is 25.7 Å². The normalized spacial score (nSPS) is 14.5. The van der Waals surface area contributed by atoms with Crippen molar-refractivity contribution < 1.29 is 23.1 Å². The van der Waals surface area contributed by atoms with Gasteiger partial charge in [-0.3, -0.25) is 9.59 Å². The monoisotopic (exact) mass is 408 g/mol. The number of aryl methyl sites for hydroxylation is 2. The minimum atomic E-state index is -2.98. The maximum Gasteiger partial charge on any atom is 0.387 e. The second-order valence-corrected chi connectivity index (χ2v) is 7.96. The van der Waals surface area contributed by atoms with E-state index in [0.29, 0.717) is 32.6 Å². The van der Waals surface area contributed by atoms with Gasteiger partial charge in [0.25, 0.3) is 5.91 Å². The summed E-state index contributed by atoms with van der Waals surface area (Å²) in [5.74, 6) is -0.393. The Labute approximate surface area is 166 Å². The Balaban J connectivity index is 1.60. The number of rotatable bonds is 5. The third-order valence-electron chi connectivity index (χ3n) is 4.75. The third-order valence-corrected chi connectivity index (χ3v) is 5.77. The Hall–Kier alpha value is -2.48. The zero-order valence-corrected chi connectivity index (χ0v) is 16.6. The van der Waals surface area contributed by atoms with Gasteiger partial charge in [-0.1, -0.05) is 24.3 Å². The topological polar surface area (TPSA) is 49.9 Å². The molecule has 0 N–H and O–H groups in total. The van der Waals surface area contributed by atoms with Gasteiger partial charge in [-0.2, -0.15) is 8.78 Å². The molecule has 2 aromatic rings. The SMILES string of the molecule is Cc1cc(OC(F)F)c(C(=O)N2CCN(C(=O)Cc3ccccc3C)CC2)s1. The number of alkyl halides is 2. The summed E-state index contributed by atoms with van der Waals surface area (Å²) in [7, 11) is 0. The van der Waals surface area contributed by atoms with E-state index in [4.69, 9.17) is 0 Å². The molecule has 0 radical (unpaired) electrons. The highest BCUT2D eigenvalue weighted by Crippen LogP contribution is 2.31. The highest BCUT2D eigenvalue weighted by atomic mass is 32.1. The average Bonchev–Trinajstić information content (AvgIpc) is 3.02. The van der Waals surface area contributed by atoms with Gasteiger partial charge in [0.15, 0.2) is 0 Å². The molecule has 28 heavy (non-hydrogen) atoms. The molecule has 150 valence electrons. The Morgan fingerprint density at radius 3 is 2.39 bits per heavy atom. The van der Waals surface area contributed by atoms with Crippen LogP contribution in [-0.4, -0.2) is 54.4 Å². The Morgan fingerprint density at radius 1 is 1.11 bits per heavy atom. The minimum absolute atomic E-state index is 0.0232. The van der Waals surface area contributed by atoms with Crippen LogP contribution in [-0.2, 0) is 11.2 Å². The molecule has 0 bridgehead atoms. The summed E-state index contributed by atoms with van der Waals surface area (Å²) in [6.07, 6.45) is 0.330. The minimum Gasteiger partial charge on any atom is -0.433 e. The molecule has 0 spiro atoms. The fourth-order valence-corrected chi connectivity index (χ4v) is 4.12. The van der Waals surface area contributed by atoms with Gasteiger partial charge in [0.1, 0.15) is 10.6 Å². The van der Waals surface area contributed by atoms with Crippen molar-refractivity contribution >= 4 is 23.2 Å². The number of hydrogen-bond donors (Lipinski definition) is 0. The molecular formula is C20H22F2N2O3S. The molecule has 1 aromatic heterocycles. The van der Waals surface area contributed by atoms with Crippen molar-refractivity contribution in [3.05, 3.63) is 51.2 Å². The molecule has 1 fully saturated rings. The van der Waals surface area contributed by atoms with Gasteiger partial charge in [-0.25, -0.2) is 0 Å². The predicted octanol–water partition coefficient (Wildman–Crippen LogP) is 3.49. The van der Waals surface area contributed by atoms with Crippen molar-refractivity contribution in [3.63, 3.8) is 0 Å². The van der Waals surface area contributed by atoms with E-state index in [-0.39, 0.29) is 22.4 Å². The van der Waals surface area contributed by atoms with Crippen molar-refractivity contribution in [2.24, 2.45) is 0 Å². The Morgan fingerprint density at radius 2 is 1.75 bits per heavy atom. The summed E-state index contributed by atoms with van der Waals surface area (Å²) in [4.78, 5) is 29.5. The molecule has 5 nitrogen and oxygen atoms in total. The smallest absolute Gasteiger partial charge is 0.387 e. The van der Waals surface area contributed by atoms with Crippen molar-refractivity contribution in [3.8, 4) is 5.75 Å².